The largest absolute Gasteiger partial charge is 0.504 e. The van der Waals surface area contributed by atoms with Gasteiger partial charge in [-0.3, -0.25) is 4.98 Å². The maximum Gasteiger partial charge on any atom is 0.336 e. The van der Waals surface area contributed by atoms with Gasteiger partial charge in [0, 0.05) is 24.9 Å². The molecule has 0 atom stereocenters. The highest BCUT2D eigenvalue weighted by Gasteiger charge is 2.38. The van der Waals surface area contributed by atoms with Gasteiger partial charge in [0.05, 0.1) is 43.0 Å². The number of carbonyl (C=O) groups excluding carboxylic acids is 1. The summed E-state index contributed by atoms with van der Waals surface area (Å²) in [7, 11) is 3.99. The summed E-state index contributed by atoms with van der Waals surface area (Å²) >= 11 is 0. The fourth-order valence-corrected chi connectivity index (χ4v) is 4.18. The molecule has 0 unspecified atom stereocenters. The molecule has 0 radical (unpaired) electrons. The van der Waals surface area contributed by atoms with Crippen molar-refractivity contribution in [2.75, 3.05) is 45.4 Å². The van der Waals surface area contributed by atoms with E-state index in [0.717, 1.165) is 37.2 Å². The Balaban J connectivity index is 2.07. The third kappa shape index (κ3) is 5.46. The number of esters is 1. The molecule has 0 fully saturated rings. The number of rotatable bonds is 8. The van der Waals surface area contributed by atoms with E-state index < -0.39 is 0 Å². The smallest absolute Gasteiger partial charge is 0.336 e. The molecule has 7 nitrogen and oxygen atoms in total. The Hall–Kier alpha value is -2.38. The number of aromatic hydroxyl groups is 1. The number of hydrogen-bond donors (Lipinski definition) is 1. The number of aromatic nitrogens is 1. The molecule has 0 saturated carbocycles. The molecular weight excluding hydrogens is 394 g/mol. The molecule has 0 bridgehead atoms. The summed E-state index contributed by atoms with van der Waals surface area (Å²) < 4.78 is 11.4. The first-order chi connectivity index (χ1) is 14.7. The minimum absolute atomic E-state index is 0.0774. The summed E-state index contributed by atoms with van der Waals surface area (Å²) in [6.45, 7) is 8.24. The minimum Gasteiger partial charge on any atom is -0.504 e. The summed E-state index contributed by atoms with van der Waals surface area (Å²) in [5.74, 6) is -0.239. The van der Waals surface area contributed by atoms with Crippen LogP contribution in [0.3, 0.4) is 0 Å². The predicted molar refractivity (Wildman–Crippen MR) is 121 cm³/mol. The maximum atomic E-state index is 12.9. The van der Waals surface area contributed by atoms with Gasteiger partial charge in [0.25, 0.3) is 0 Å². The summed E-state index contributed by atoms with van der Waals surface area (Å²) in [5.41, 5.74) is 4.50. The monoisotopic (exact) mass is 429 g/mol. The first kappa shape index (κ1) is 23.3. The zero-order valence-electron chi connectivity index (χ0n) is 19.4. The van der Waals surface area contributed by atoms with E-state index in [4.69, 9.17) is 9.47 Å². The minimum atomic E-state index is -0.316. The molecule has 1 aromatic rings. The third-order valence-corrected chi connectivity index (χ3v) is 5.90. The van der Waals surface area contributed by atoms with Crippen LogP contribution in [-0.2, 0) is 14.3 Å². The van der Waals surface area contributed by atoms with Gasteiger partial charge in [0.2, 0.25) is 0 Å². The Bertz CT molecular complexity index is 873. The van der Waals surface area contributed by atoms with Gasteiger partial charge in [-0.15, -0.1) is 0 Å². The van der Waals surface area contributed by atoms with Gasteiger partial charge in [-0.25, -0.2) is 4.79 Å². The van der Waals surface area contributed by atoms with Crippen LogP contribution in [-0.4, -0.2) is 61.4 Å². The van der Waals surface area contributed by atoms with Gasteiger partial charge in [-0.1, -0.05) is 13.8 Å². The second kappa shape index (κ2) is 9.83. The molecule has 2 heterocycles. The molecule has 0 spiro atoms. The van der Waals surface area contributed by atoms with Crippen LogP contribution in [0.15, 0.2) is 41.0 Å². The Morgan fingerprint density at radius 2 is 2.13 bits per heavy atom. The molecule has 1 N–H and O–H groups in total. The first-order valence-corrected chi connectivity index (χ1v) is 11.0. The van der Waals surface area contributed by atoms with E-state index >= 15 is 0 Å². The van der Waals surface area contributed by atoms with Crippen LogP contribution in [0.5, 0.6) is 5.75 Å². The molecule has 3 rings (SSSR count). The highest BCUT2D eigenvalue weighted by atomic mass is 16.5. The number of carbonyl (C=O) groups is 1. The van der Waals surface area contributed by atoms with Crippen LogP contribution >= 0.6 is 0 Å². The van der Waals surface area contributed by atoms with Crippen LogP contribution in [0.25, 0.3) is 0 Å². The number of ether oxygens (including phenoxy) is 2. The molecule has 1 aliphatic heterocycles. The topological polar surface area (TPSA) is 75.1 Å². The van der Waals surface area contributed by atoms with E-state index in [2.05, 4.69) is 23.7 Å². The van der Waals surface area contributed by atoms with Gasteiger partial charge in [0.15, 0.2) is 5.75 Å². The zero-order valence-corrected chi connectivity index (χ0v) is 19.4. The summed E-state index contributed by atoms with van der Waals surface area (Å²) in [6.07, 6.45) is 6.51. The van der Waals surface area contributed by atoms with Crippen molar-refractivity contribution in [1.29, 1.82) is 0 Å². The van der Waals surface area contributed by atoms with Crippen LogP contribution in [0.2, 0.25) is 0 Å². The van der Waals surface area contributed by atoms with Gasteiger partial charge in [-0.2, -0.15) is 0 Å². The number of nitrogens with zero attached hydrogens (tertiary/aromatic N) is 3. The van der Waals surface area contributed by atoms with Crippen molar-refractivity contribution in [3.63, 3.8) is 0 Å². The third-order valence-electron chi connectivity index (χ3n) is 5.90. The Labute approximate surface area is 185 Å². The van der Waals surface area contributed by atoms with E-state index in [1.165, 1.54) is 11.8 Å². The highest BCUT2D eigenvalue weighted by Crippen LogP contribution is 2.48. The average molecular weight is 430 g/mol. The number of allylic oxidation sites excluding steroid dienone is 2. The molecule has 0 amide bonds. The molecule has 1 aromatic heterocycles. The first-order valence-electron chi connectivity index (χ1n) is 11.0. The number of anilines is 1. The van der Waals surface area contributed by atoms with E-state index in [1.54, 1.807) is 12.3 Å². The number of pyridine rings is 1. The maximum absolute atomic E-state index is 12.9. The Morgan fingerprint density at radius 1 is 1.35 bits per heavy atom. The van der Waals surface area contributed by atoms with Crippen molar-refractivity contribution < 1.29 is 19.4 Å². The van der Waals surface area contributed by atoms with Crippen LogP contribution in [0, 0.1) is 5.41 Å². The average Bonchev–Trinajstić information content (AvgIpc) is 2.70. The predicted octanol–water partition coefficient (Wildman–Crippen LogP) is 3.86. The normalized spacial score (nSPS) is 18.5. The molecule has 170 valence electrons. The second-order valence-electron chi connectivity index (χ2n) is 9.27. The van der Waals surface area contributed by atoms with Crippen LogP contribution in [0.4, 0.5) is 5.69 Å². The second-order valence-corrected chi connectivity index (χ2v) is 9.27. The molecular formula is C24H35N3O4. The van der Waals surface area contributed by atoms with Crippen molar-refractivity contribution >= 4 is 11.7 Å². The van der Waals surface area contributed by atoms with E-state index in [-0.39, 0.29) is 23.7 Å². The van der Waals surface area contributed by atoms with Crippen molar-refractivity contribution in [1.82, 2.24) is 9.88 Å². The summed E-state index contributed by atoms with van der Waals surface area (Å²) in [6, 6.07) is 1.79. The summed E-state index contributed by atoms with van der Waals surface area (Å²) in [4.78, 5) is 21.1. The van der Waals surface area contributed by atoms with Gasteiger partial charge >= 0.3 is 5.97 Å². The lowest BCUT2D eigenvalue weighted by molar-refractivity contribution is -0.138. The Morgan fingerprint density at radius 3 is 2.81 bits per heavy atom. The van der Waals surface area contributed by atoms with Crippen LogP contribution < -0.4 is 4.90 Å². The van der Waals surface area contributed by atoms with Gasteiger partial charge < -0.3 is 24.4 Å². The lowest BCUT2D eigenvalue weighted by Crippen LogP contribution is -2.37. The SMILES string of the molecule is CCOC(=O)C1=C(COCCN(C)C)N(c2ccncc2O)C2=C(CCC(C)(C)C2)C1. The molecule has 0 saturated heterocycles. The fourth-order valence-electron chi connectivity index (χ4n) is 4.18. The summed E-state index contributed by atoms with van der Waals surface area (Å²) in [5, 5.41) is 10.7. The van der Waals surface area contributed by atoms with Crippen molar-refractivity contribution in [2.24, 2.45) is 5.41 Å². The van der Waals surface area contributed by atoms with Gasteiger partial charge in [-0.05, 0) is 57.3 Å². The van der Waals surface area contributed by atoms with E-state index in [1.807, 2.05) is 25.9 Å². The molecule has 31 heavy (non-hydrogen) atoms. The van der Waals surface area contributed by atoms with Crippen molar-refractivity contribution in [3.05, 3.63) is 41.0 Å². The Kier molecular flexibility index (Phi) is 7.38. The highest BCUT2D eigenvalue weighted by molar-refractivity contribution is 5.92. The van der Waals surface area contributed by atoms with Crippen LogP contribution in [0.1, 0.15) is 46.5 Å². The van der Waals surface area contributed by atoms with E-state index in [0.29, 0.717) is 30.9 Å². The molecule has 2 aliphatic rings. The van der Waals surface area contributed by atoms with E-state index in [9.17, 15) is 9.90 Å². The fraction of sp³-hybridized carbons (Fsp3) is 0.583. The lowest BCUT2D eigenvalue weighted by atomic mass is 9.73. The molecule has 0 aromatic carbocycles. The number of hydrogen-bond acceptors (Lipinski definition) is 7. The number of likely N-dealkylation sites (N-methyl/N-ethyl adjacent to an activating group) is 1. The molecule has 7 heteroatoms. The molecule has 1 aliphatic carbocycles. The van der Waals surface area contributed by atoms with Crippen molar-refractivity contribution in [2.45, 2.75) is 46.5 Å². The lowest BCUT2D eigenvalue weighted by Gasteiger charge is -2.43. The standard InChI is InChI=1S/C24H35N3O4/c1-6-31-23(29)18-13-17-7-9-24(2,3)14-20(17)27(19-8-10-25-15-22(19)28)21(18)16-30-12-11-26(4)5/h8,10,15,28H,6-7,9,11-14,16H2,1-5H3. The van der Waals surface area contributed by atoms with Gasteiger partial charge in [0.1, 0.15) is 0 Å². The quantitative estimate of drug-likeness (QED) is 0.497. The zero-order chi connectivity index (χ0) is 22.6. The van der Waals surface area contributed by atoms with Crippen molar-refractivity contribution in [3.8, 4) is 5.75 Å².